The van der Waals surface area contributed by atoms with Crippen LogP contribution in [-0.4, -0.2) is 65.8 Å². The van der Waals surface area contributed by atoms with E-state index in [0.717, 1.165) is 11.8 Å². The molecule has 43 heavy (non-hydrogen) atoms. The van der Waals surface area contributed by atoms with Gasteiger partial charge in [0.2, 0.25) is 17.8 Å². The maximum absolute atomic E-state index is 12.9. The molecule has 224 valence electrons. The number of nitrogens with zero attached hydrogens (tertiary/aromatic N) is 2. The Morgan fingerprint density at radius 3 is 2.21 bits per heavy atom. The second-order valence-electron chi connectivity index (χ2n) is 8.97. The quantitative estimate of drug-likeness (QED) is 0.109. The average Bonchev–Trinajstić information content (AvgIpc) is 3.00. The van der Waals surface area contributed by atoms with Crippen LogP contribution in [0.15, 0.2) is 78.6 Å². The van der Waals surface area contributed by atoms with Gasteiger partial charge in [0, 0.05) is 23.9 Å². The number of hydrogen-bond acceptors (Lipinski definition) is 9. The van der Waals surface area contributed by atoms with Crippen LogP contribution in [0.4, 0.5) is 5.95 Å². The van der Waals surface area contributed by atoms with E-state index in [-0.39, 0.29) is 28.8 Å². The summed E-state index contributed by atoms with van der Waals surface area (Å²) in [5.41, 5.74) is 1.41. The summed E-state index contributed by atoms with van der Waals surface area (Å²) in [5.74, 6) is -3.29. The van der Waals surface area contributed by atoms with Gasteiger partial charge in [-0.15, -0.1) is 0 Å². The Kier molecular flexibility index (Phi) is 12.2. The Bertz CT molecular complexity index is 1460. The number of amides is 4. The highest BCUT2D eigenvalue weighted by molar-refractivity contribution is 6.29. The molecule has 0 radical (unpaired) electrons. The molecule has 14 heteroatoms. The zero-order valence-electron chi connectivity index (χ0n) is 23.3. The number of ether oxygens (including phenoxy) is 1. The smallest absolute Gasteiger partial charge is 0.328 e. The maximum Gasteiger partial charge on any atom is 0.328 e. The van der Waals surface area contributed by atoms with Gasteiger partial charge >= 0.3 is 5.97 Å². The van der Waals surface area contributed by atoms with Gasteiger partial charge in [-0.2, -0.15) is 0 Å². The number of esters is 1. The van der Waals surface area contributed by atoms with Gasteiger partial charge in [-0.05, 0) is 30.7 Å². The van der Waals surface area contributed by atoms with Crippen molar-refractivity contribution in [3.05, 3.63) is 101 Å². The zero-order chi connectivity index (χ0) is 31.2. The van der Waals surface area contributed by atoms with Crippen LogP contribution in [0.1, 0.15) is 21.6 Å². The van der Waals surface area contributed by atoms with E-state index in [2.05, 4.69) is 36.6 Å². The molecule has 3 rings (SSSR count). The Hall–Kier alpha value is -5.30. The number of aromatic nitrogens is 2. The van der Waals surface area contributed by atoms with E-state index < -0.39 is 48.7 Å². The van der Waals surface area contributed by atoms with Crippen LogP contribution >= 0.6 is 11.6 Å². The second-order valence-corrected chi connectivity index (χ2v) is 9.36. The molecule has 3 aromatic rings. The van der Waals surface area contributed by atoms with Crippen LogP contribution in [0.5, 0.6) is 0 Å². The van der Waals surface area contributed by atoms with Gasteiger partial charge < -0.3 is 31.3 Å². The van der Waals surface area contributed by atoms with Crippen LogP contribution in [0, 0.1) is 6.92 Å². The molecule has 0 bridgehead atoms. The van der Waals surface area contributed by atoms with Gasteiger partial charge in [0.15, 0.2) is 0 Å². The SMILES string of the molecule is COC(=O)[C@H](Cc1ccccc1)NC(=O)CNC(=O)CNC(=O)/C(=C/Nc1nc(C)cc(Cl)n1)NC(=O)c1ccccc1. The number of hydrogen-bond donors (Lipinski definition) is 5. The number of carbonyl (C=O) groups excluding carboxylic acids is 5. The Labute approximate surface area is 252 Å². The van der Waals surface area contributed by atoms with E-state index >= 15 is 0 Å². The monoisotopic (exact) mass is 607 g/mol. The van der Waals surface area contributed by atoms with Crippen molar-refractivity contribution >= 4 is 47.1 Å². The molecular weight excluding hydrogens is 578 g/mol. The minimum absolute atomic E-state index is 0.0746. The van der Waals surface area contributed by atoms with Crippen molar-refractivity contribution < 1.29 is 28.7 Å². The normalized spacial score (nSPS) is 11.5. The molecule has 1 aromatic heterocycles. The van der Waals surface area contributed by atoms with Gasteiger partial charge in [0.05, 0.1) is 20.2 Å². The molecule has 1 atom stereocenters. The number of aryl methyl sites for hydroxylation is 1. The fraction of sp³-hybridized carbons (Fsp3) is 0.207. The Morgan fingerprint density at radius 1 is 0.907 bits per heavy atom. The highest BCUT2D eigenvalue weighted by atomic mass is 35.5. The third-order valence-electron chi connectivity index (χ3n) is 5.66. The number of nitrogens with one attached hydrogen (secondary N) is 5. The van der Waals surface area contributed by atoms with E-state index in [9.17, 15) is 24.0 Å². The van der Waals surface area contributed by atoms with Crippen molar-refractivity contribution in [1.82, 2.24) is 31.2 Å². The van der Waals surface area contributed by atoms with E-state index in [1.165, 1.54) is 7.11 Å². The van der Waals surface area contributed by atoms with E-state index in [0.29, 0.717) is 5.69 Å². The van der Waals surface area contributed by atoms with Crippen LogP contribution < -0.4 is 26.6 Å². The molecule has 0 spiro atoms. The molecular formula is C29H30ClN7O6. The fourth-order valence-corrected chi connectivity index (χ4v) is 3.84. The lowest BCUT2D eigenvalue weighted by Gasteiger charge is -2.17. The van der Waals surface area contributed by atoms with Crippen LogP contribution in [-0.2, 0) is 30.3 Å². The number of rotatable bonds is 13. The first-order chi connectivity index (χ1) is 20.6. The summed E-state index contributed by atoms with van der Waals surface area (Å²) in [6.07, 6.45) is 1.35. The lowest BCUT2D eigenvalue weighted by Crippen LogP contribution is -2.48. The topological polar surface area (TPSA) is 181 Å². The number of carbonyl (C=O) groups is 5. The highest BCUT2D eigenvalue weighted by Crippen LogP contribution is 2.10. The van der Waals surface area contributed by atoms with E-state index in [1.807, 2.05) is 6.07 Å². The van der Waals surface area contributed by atoms with E-state index in [4.69, 9.17) is 16.3 Å². The first kappa shape index (κ1) is 32.2. The summed E-state index contributed by atoms with van der Waals surface area (Å²) in [6, 6.07) is 17.8. The van der Waals surface area contributed by atoms with Gasteiger partial charge in [0.1, 0.15) is 16.9 Å². The number of benzene rings is 2. The molecule has 5 N–H and O–H groups in total. The van der Waals surface area contributed by atoms with Crippen molar-refractivity contribution in [2.75, 3.05) is 25.5 Å². The molecule has 4 amide bonds. The summed E-state index contributed by atoms with van der Waals surface area (Å²) in [5, 5.41) is 12.6. The summed E-state index contributed by atoms with van der Waals surface area (Å²) >= 11 is 5.96. The Balaban J connectivity index is 1.58. The molecule has 0 aliphatic carbocycles. The standard InChI is InChI=1S/C29H30ClN7O6/c1-18-13-23(30)37-29(34-18)33-15-22(36-26(40)20-11-7-4-8-12-20)27(41)32-16-24(38)31-17-25(39)35-21(28(42)43-2)14-19-9-5-3-6-10-19/h3-13,15,21H,14,16-17H2,1-2H3,(H,31,38)(H,32,41)(H,35,39)(H,36,40)(H,33,34,37)/b22-15-/t21-/m0/s1. The lowest BCUT2D eigenvalue weighted by molar-refractivity contribution is -0.145. The fourth-order valence-electron chi connectivity index (χ4n) is 3.60. The van der Waals surface area contributed by atoms with Crippen LogP contribution in [0.25, 0.3) is 0 Å². The molecule has 13 nitrogen and oxygen atoms in total. The van der Waals surface area contributed by atoms with Crippen molar-refractivity contribution in [2.45, 2.75) is 19.4 Å². The average molecular weight is 608 g/mol. The first-order valence-electron chi connectivity index (χ1n) is 12.9. The van der Waals surface area contributed by atoms with Crippen LogP contribution in [0.3, 0.4) is 0 Å². The third-order valence-corrected chi connectivity index (χ3v) is 5.85. The first-order valence-corrected chi connectivity index (χ1v) is 13.3. The summed E-state index contributed by atoms with van der Waals surface area (Å²) < 4.78 is 4.77. The van der Waals surface area contributed by atoms with Gasteiger partial charge in [-0.3, -0.25) is 19.2 Å². The number of anilines is 1. The highest BCUT2D eigenvalue weighted by Gasteiger charge is 2.22. The molecule has 0 aliphatic heterocycles. The minimum Gasteiger partial charge on any atom is -0.467 e. The molecule has 2 aromatic carbocycles. The predicted octanol–water partition coefficient (Wildman–Crippen LogP) is 1.25. The summed E-state index contributed by atoms with van der Waals surface area (Å²) in [7, 11) is 1.21. The van der Waals surface area contributed by atoms with Crippen LogP contribution in [0.2, 0.25) is 5.15 Å². The molecule has 1 heterocycles. The zero-order valence-corrected chi connectivity index (χ0v) is 24.1. The maximum atomic E-state index is 12.9. The van der Waals surface area contributed by atoms with Gasteiger partial charge in [0.25, 0.3) is 11.8 Å². The second kappa shape index (κ2) is 16.2. The largest absolute Gasteiger partial charge is 0.467 e. The van der Waals surface area contributed by atoms with E-state index in [1.54, 1.807) is 67.6 Å². The number of methoxy groups -OCH3 is 1. The molecule has 0 fully saturated rings. The molecule has 0 saturated carbocycles. The number of halogens is 1. The predicted molar refractivity (Wildman–Crippen MR) is 158 cm³/mol. The van der Waals surface area contributed by atoms with Gasteiger partial charge in [-0.25, -0.2) is 14.8 Å². The molecule has 0 saturated heterocycles. The van der Waals surface area contributed by atoms with Crippen molar-refractivity contribution in [2.24, 2.45) is 0 Å². The minimum atomic E-state index is -0.961. The lowest BCUT2D eigenvalue weighted by atomic mass is 10.1. The molecule has 0 aliphatic rings. The summed E-state index contributed by atoms with van der Waals surface area (Å²) in [6.45, 7) is 0.713. The van der Waals surface area contributed by atoms with Crippen molar-refractivity contribution in [3.8, 4) is 0 Å². The third kappa shape index (κ3) is 10.9. The Morgan fingerprint density at radius 2 is 1.56 bits per heavy atom. The van der Waals surface area contributed by atoms with Crippen molar-refractivity contribution in [1.29, 1.82) is 0 Å². The molecule has 0 unspecified atom stereocenters. The summed E-state index contributed by atoms with van der Waals surface area (Å²) in [4.78, 5) is 70.7. The van der Waals surface area contributed by atoms with Crippen molar-refractivity contribution in [3.63, 3.8) is 0 Å². The van der Waals surface area contributed by atoms with Gasteiger partial charge in [-0.1, -0.05) is 60.1 Å².